The number of rotatable bonds is 5. The third-order valence-corrected chi connectivity index (χ3v) is 5.66. The van der Waals surface area contributed by atoms with Crippen LogP contribution in [0.15, 0.2) is 53.4 Å². The minimum atomic E-state index is -4.07. The van der Waals surface area contributed by atoms with Gasteiger partial charge in [0.25, 0.3) is 0 Å². The lowest BCUT2D eigenvalue weighted by atomic mass is 10.2. The first-order valence-electron chi connectivity index (χ1n) is 12.9. The highest BCUT2D eigenvalue weighted by molar-refractivity contribution is 7.89. The van der Waals surface area contributed by atoms with Gasteiger partial charge in [-0.15, -0.1) is 0 Å². The Morgan fingerprint density at radius 1 is 1.26 bits per heavy atom. The summed E-state index contributed by atoms with van der Waals surface area (Å²) in [6.07, 6.45) is -0.686. The highest BCUT2D eigenvalue weighted by atomic mass is 32.2. The maximum Gasteiger partial charge on any atom is 0.238 e. The lowest BCUT2D eigenvalue weighted by Crippen LogP contribution is -2.14. The Morgan fingerprint density at radius 3 is 2.81 bits per heavy atom. The lowest BCUT2D eigenvalue weighted by molar-refractivity contribution is 0.597. The Morgan fingerprint density at radius 2 is 2.06 bits per heavy atom. The second-order valence-electron chi connectivity index (χ2n) is 6.75. The molecule has 0 amide bonds. The van der Waals surface area contributed by atoms with Gasteiger partial charge in [0, 0.05) is 46.8 Å². The van der Waals surface area contributed by atoms with E-state index in [0.29, 0.717) is 16.2 Å². The van der Waals surface area contributed by atoms with Gasteiger partial charge in [0.05, 0.1) is 17.3 Å². The van der Waals surface area contributed by atoms with Crippen molar-refractivity contribution in [1.82, 2.24) is 19.7 Å². The summed E-state index contributed by atoms with van der Waals surface area (Å²) in [5, 5.41) is 12.4. The molecule has 0 saturated heterocycles. The molecule has 0 atom stereocenters. The van der Waals surface area contributed by atoms with Crippen LogP contribution < -0.4 is 15.4 Å². The first kappa shape index (κ1) is 13.0. The van der Waals surface area contributed by atoms with Gasteiger partial charge in [-0.1, -0.05) is 6.07 Å². The molecule has 4 aromatic rings. The van der Waals surface area contributed by atoms with E-state index in [1.54, 1.807) is 20.9 Å². The van der Waals surface area contributed by atoms with Gasteiger partial charge < -0.3 is 10.2 Å². The third kappa shape index (κ3) is 4.07. The Bertz CT molecular complexity index is 1760. The van der Waals surface area contributed by atoms with Gasteiger partial charge in [-0.3, -0.25) is 4.68 Å². The Hall–Kier alpha value is -3.50. The average molecular weight is 446 g/mol. The Balaban J connectivity index is 1.94. The van der Waals surface area contributed by atoms with Crippen molar-refractivity contribution in [2.45, 2.75) is 18.7 Å². The van der Waals surface area contributed by atoms with Gasteiger partial charge in [-0.05, 0) is 55.7 Å². The van der Waals surface area contributed by atoms with Crippen LogP contribution in [-0.2, 0) is 17.1 Å². The average Bonchev–Trinajstić information content (AvgIpc) is 3.12. The van der Waals surface area contributed by atoms with E-state index in [4.69, 9.17) is 16.1 Å². The van der Waals surface area contributed by atoms with Crippen LogP contribution in [0.4, 0.5) is 23.1 Å². The van der Waals surface area contributed by atoms with E-state index >= 15 is 0 Å². The van der Waals surface area contributed by atoms with E-state index in [2.05, 4.69) is 20.4 Å². The van der Waals surface area contributed by atoms with Crippen molar-refractivity contribution in [3.8, 4) is 0 Å². The van der Waals surface area contributed by atoms with Crippen LogP contribution >= 0.6 is 0 Å². The van der Waals surface area contributed by atoms with Gasteiger partial charge in [0.1, 0.15) is 5.82 Å². The molecule has 0 saturated carbocycles. The molecular weight excluding hydrogens is 414 g/mol. The normalized spacial score (nSPS) is 15.7. The van der Waals surface area contributed by atoms with Crippen molar-refractivity contribution in [2.75, 3.05) is 17.2 Å². The summed E-state index contributed by atoms with van der Waals surface area (Å²) in [7, 11) is -2.49. The molecule has 0 aliphatic carbocycles. The molecule has 9 nitrogen and oxygen atoms in total. The molecule has 4 rings (SSSR count). The topological polar surface area (TPSA) is 119 Å². The number of aryl methyl sites for hydroxylation is 3. The zero-order valence-corrected chi connectivity index (χ0v) is 17.6. The number of primary sulfonamides is 1. The molecule has 0 aliphatic heterocycles. The number of benzene rings is 2. The summed E-state index contributed by atoms with van der Waals surface area (Å²) in [5.74, 6) is -0.993. The molecule has 3 N–H and O–H groups in total. The van der Waals surface area contributed by atoms with Gasteiger partial charge in [0.15, 0.2) is 0 Å². The molecular formula is C21H23N7O2S. The third-order valence-electron chi connectivity index (χ3n) is 4.60. The predicted molar refractivity (Wildman–Crippen MR) is 121 cm³/mol. The summed E-state index contributed by atoms with van der Waals surface area (Å²) in [4.78, 5) is 8.24. The number of nitrogens with zero attached hydrogens (tertiary/aromatic N) is 5. The van der Waals surface area contributed by atoms with E-state index < -0.39 is 52.8 Å². The molecule has 0 radical (unpaired) electrons. The Labute approximate surface area is 191 Å². The first-order valence-corrected chi connectivity index (χ1v) is 10.5. The number of aromatic nitrogens is 4. The van der Waals surface area contributed by atoms with Crippen LogP contribution in [0, 0.1) is 13.8 Å². The maximum absolute atomic E-state index is 11.9. The van der Waals surface area contributed by atoms with Crippen LogP contribution in [-0.4, -0.2) is 35.1 Å². The van der Waals surface area contributed by atoms with Gasteiger partial charge in [-0.2, -0.15) is 10.1 Å². The smallest absolute Gasteiger partial charge is 0.238 e. The molecule has 160 valence electrons. The van der Waals surface area contributed by atoms with E-state index in [9.17, 15) is 8.42 Å². The number of fused-ring (bicyclic) bond motifs is 1. The summed E-state index contributed by atoms with van der Waals surface area (Å²) in [6.45, 7) is 0.0744. The van der Waals surface area contributed by atoms with Crippen molar-refractivity contribution in [2.24, 2.45) is 12.2 Å². The molecule has 0 bridgehead atoms. The summed E-state index contributed by atoms with van der Waals surface area (Å²) in [6, 6.07) is 2.01. The molecule has 0 spiro atoms. The summed E-state index contributed by atoms with van der Waals surface area (Å²) < 4.78 is 92.0. The zero-order chi connectivity index (χ0) is 29.2. The van der Waals surface area contributed by atoms with Crippen molar-refractivity contribution in [1.29, 1.82) is 0 Å². The van der Waals surface area contributed by atoms with Crippen LogP contribution in [0.2, 0.25) is 0 Å². The van der Waals surface area contributed by atoms with Crippen LogP contribution in [0.1, 0.15) is 22.2 Å². The van der Waals surface area contributed by atoms with E-state index in [1.165, 1.54) is 22.9 Å². The standard InChI is InChI=1S/C21H23N7O2S/c1-13-5-6-15(11-19(13)31(22,29)30)24-21-23-10-9-20(25-21)27(3)16-7-8-17-14(2)28(4)26-18(17)12-16/h5-12H,1-4H3,(H2,22,29,30)(H,23,24,25)/i3D3,7D,8D,9D,10D,12D. The molecule has 0 unspecified atom stereocenters. The Kier molecular flexibility index (Phi) is 3.21. The molecule has 0 aliphatic rings. The number of hydrogen-bond acceptors (Lipinski definition) is 7. The molecule has 2 aromatic carbocycles. The van der Waals surface area contributed by atoms with Crippen LogP contribution in [0.25, 0.3) is 10.9 Å². The molecule has 10 heteroatoms. The number of hydrogen-bond donors (Lipinski definition) is 2. The van der Waals surface area contributed by atoms with Crippen LogP contribution in [0.5, 0.6) is 0 Å². The quantitative estimate of drug-likeness (QED) is 0.484. The fraction of sp³-hybridized carbons (Fsp3) is 0.190. The molecule has 31 heavy (non-hydrogen) atoms. The van der Waals surface area contributed by atoms with Gasteiger partial charge in [0.2, 0.25) is 16.0 Å². The van der Waals surface area contributed by atoms with Gasteiger partial charge in [-0.25, -0.2) is 18.5 Å². The fourth-order valence-electron chi connectivity index (χ4n) is 2.89. The number of nitrogens with two attached hydrogens (primary N) is 1. The molecule has 0 fully saturated rings. The second-order valence-corrected chi connectivity index (χ2v) is 8.28. The van der Waals surface area contributed by atoms with Crippen molar-refractivity contribution >= 4 is 44.1 Å². The fourth-order valence-corrected chi connectivity index (χ4v) is 3.70. The minimum Gasteiger partial charge on any atom is -0.329 e. The van der Waals surface area contributed by atoms with E-state index in [0.717, 1.165) is 0 Å². The highest BCUT2D eigenvalue weighted by Crippen LogP contribution is 2.28. The van der Waals surface area contributed by atoms with Crippen molar-refractivity contribution in [3.05, 3.63) is 59.8 Å². The van der Waals surface area contributed by atoms with Crippen molar-refractivity contribution in [3.63, 3.8) is 0 Å². The largest absolute Gasteiger partial charge is 0.329 e. The van der Waals surface area contributed by atoms with Crippen molar-refractivity contribution < 1.29 is 19.4 Å². The monoisotopic (exact) mass is 445 g/mol. The molecule has 2 aromatic heterocycles. The van der Waals surface area contributed by atoms with E-state index in [1.807, 2.05) is 0 Å². The zero-order valence-electron chi connectivity index (χ0n) is 24.8. The maximum atomic E-state index is 11.9. The summed E-state index contributed by atoms with van der Waals surface area (Å²) in [5.41, 5.74) is 0.465. The SMILES string of the molecule is [2H]c1nc(Nc2ccc(C)c(S(N)(=O)=O)c2)nc(N(c2c([2H])c([2H])c3c(C)n(C)nc3c2[2H])C([2H])([2H])[2H])c1[2H]. The number of sulfonamides is 1. The predicted octanol–water partition coefficient (Wildman–Crippen LogP) is 3.14. The summed E-state index contributed by atoms with van der Waals surface area (Å²) >= 11 is 0. The number of anilines is 4. The van der Waals surface area contributed by atoms with Crippen LogP contribution in [0.3, 0.4) is 0 Å². The van der Waals surface area contributed by atoms with E-state index in [-0.39, 0.29) is 33.5 Å². The lowest BCUT2D eigenvalue weighted by Gasteiger charge is -2.19. The first-order chi connectivity index (χ1) is 17.9. The second kappa shape index (κ2) is 7.64. The van der Waals surface area contributed by atoms with Gasteiger partial charge >= 0.3 is 0 Å². The minimum absolute atomic E-state index is 0.0135. The number of nitrogens with one attached hydrogen (secondary N) is 1. The highest BCUT2D eigenvalue weighted by Gasteiger charge is 2.14. The molecule has 2 heterocycles.